The van der Waals surface area contributed by atoms with Crippen LogP contribution in [0, 0.1) is 0 Å². The summed E-state index contributed by atoms with van der Waals surface area (Å²) in [5, 5.41) is 0. The van der Waals surface area contributed by atoms with Crippen molar-refractivity contribution in [3.8, 4) is 5.75 Å². The van der Waals surface area contributed by atoms with Gasteiger partial charge in [0.05, 0.1) is 0 Å². The lowest BCUT2D eigenvalue weighted by molar-refractivity contribution is -0.132. The first-order valence-electron chi connectivity index (χ1n) is 6.39. The normalized spacial score (nSPS) is 21.2. The Morgan fingerprint density at radius 3 is 2.61 bits per heavy atom. The van der Waals surface area contributed by atoms with Crippen LogP contribution in [0.2, 0.25) is 0 Å². The smallest absolute Gasteiger partial charge is 0.263 e. The van der Waals surface area contributed by atoms with Crippen molar-refractivity contribution in [1.82, 2.24) is 4.90 Å². The number of carbonyl (C=O) groups excluding carboxylic acids is 1. The number of benzene rings is 1. The lowest BCUT2D eigenvalue weighted by Gasteiger charge is -2.14. The molecule has 0 aliphatic carbocycles. The molecule has 1 aliphatic heterocycles. The van der Waals surface area contributed by atoms with Gasteiger partial charge in [0, 0.05) is 26.1 Å². The summed E-state index contributed by atoms with van der Waals surface area (Å²) in [7, 11) is 1.80. The summed E-state index contributed by atoms with van der Waals surface area (Å²) in [5.41, 5.74) is 7.04. The van der Waals surface area contributed by atoms with E-state index >= 15 is 0 Å². The van der Waals surface area contributed by atoms with Crippen LogP contribution in [0.15, 0.2) is 24.3 Å². The monoisotopic (exact) mass is 248 g/mol. The zero-order valence-electron chi connectivity index (χ0n) is 10.9. The Morgan fingerprint density at radius 2 is 2.11 bits per heavy atom. The van der Waals surface area contributed by atoms with Gasteiger partial charge in [0.2, 0.25) is 0 Å². The van der Waals surface area contributed by atoms with Crippen molar-refractivity contribution >= 4 is 5.91 Å². The third-order valence-corrected chi connectivity index (χ3v) is 3.40. The van der Waals surface area contributed by atoms with E-state index in [1.165, 1.54) is 0 Å². The Balaban J connectivity index is 2.00. The maximum Gasteiger partial charge on any atom is 0.263 e. The Morgan fingerprint density at radius 1 is 1.44 bits per heavy atom. The number of carbonyl (C=O) groups is 1. The molecule has 1 heterocycles. The van der Waals surface area contributed by atoms with Crippen molar-refractivity contribution in [3.05, 3.63) is 29.8 Å². The van der Waals surface area contributed by atoms with Crippen molar-refractivity contribution < 1.29 is 9.53 Å². The highest BCUT2D eigenvalue weighted by Gasteiger charge is 2.30. The van der Waals surface area contributed by atoms with Crippen molar-refractivity contribution in [1.29, 1.82) is 0 Å². The van der Waals surface area contributed by atoms with Crippen molar-refractivity contribution in [2.24, 2.45) is 5.73 Å². The summed E-state index contributed by atoms with van der Waals surface area (Å²) >= 11 is 0. The van der Waals surface area contributed by atoms with Crippen molar-refractivity contribution in [2.45, 2.75) is 31.9 Å². The molecule has 0 bridgehead atoms. The van der Waals surface area contributed by atoms with Crippen molar-refractivity contribution in [2.75, 3.05) is 13.6 Å². The zero-order chi connectivity index (χ0) is 13.1. The SMILES string of the molecule is CC[C@@H](N)c1ccc(OC2CCN(C)C2=O)cc1. The van der Waals surface area contributed by atoms with E-state index in [-0.39, 0.29) is 18.1 Å². The number of hydrogen-bond acceptors (Lipinski definition) is 3. The summed E-state index contributed by atoms with van der Waals surface area (Å²) in [5.74, 6) is 0.792. The molecule has 4 nitrogen and oxygen atoms in total. The lowest BCUT2D eigenvalue weighted by Crippen LogP contribution is -2.29. The van der Waals surface area contributed by atoms with Gasteiger partial charge in [0.1, 0.15) is 5.75 Å². The first-order valence-corrected chi connectivity index (χ1v) is 6.39. The second kappa shape index (κ2) is 5.40. The molecule has 2 atom stereocenters. The highest BCUT2D eigenvalue weighted by Crippen LogP contribution is 2.21. The molecule has 4 heteroatoms. The van der Waals surface area contributed by atoms with Crippen LogP contribution in [0.3, 0.4) is 0 Å². The van der Waals surface area contributed by atoms with Gasteiger partial charge < -0.3 is 15.4 Å². The van der Waals surface area contributed by atoms with Crippen LogP contribution < -0.4 is 10.5 Å². The largest absolute Gasteiger partial charge is 0.481 e. The molecule has 98 valence electrons. The minimum Gasteiger partial charge on any atom is -0.481 e. The summed E-state index contributed by atoms with van der Waals surface area (Å²) in [4.78, 5) is 13.4. The molecule has 2 rings (SSSR count). The number of hydrogen-bond donors (Lipinski definition) is 1. The fraction of sp³-hybridized carbons (Fsp3) is 0.500. The van der Waals surface area contributed by atoms with Gasteiger partial charge in [-0.05, 0) is 24.1 Å². The second-order valence-corrected chi connectivity index (χ2v) is 4.74. The molecule has 1 fully saturated rings. The maximum absolute atomic E-state index is 11.7. The minimum atomic E-state index is -0.333. The molecule has 0 spiro atoms. The van der Waals surface area contributed by atoms with Gasteiger partial charge in [-0.15, -0.1) is 0 Å². The van der Waals surface area contributed by atoms with Gasteiger partial charge in [-0.2, -0.15) is 0 Å². The van der Waals surface area contributed by atoms with E-state index in [4.69, 9.17) is 10.5 Å². The Labute approximate surface area is 108 Å². The minimum absolute atomic E-state index is 0.0596. The maximum atomic E-state index is 11.7. The van der Waals surface area contributed by atoms with E-state index in [2.05, 4.69) is 6.92 Å². The number of nitrogens with zero attached hydrogens (tertiary/aromatic N) is 1. The molecule has 1 amide bonds. The van der Waals surface area contributed by atoms with Crippen LogP contribution in [0.5, 0.6) is 5.75 Å². The summed E-state index contributed by atoms with van der Waals surface area (Å²) in [6.45, 7) is 2.82. The molecular weight excluding hydrogens is 228 g/mol. The Hall–Kier alpha value is -1.55. The van der Waals surface area contributed by atoms with Crippen LogP contribution in [-0.2, 0) is 4.79 Å². The van der Waals surface area contributed by atoms with Crippen LogP contribution in [0.1, 0.15) is 31.4 Å². The first-order chi connectivity index (χ1) is 8.61. The van der Waals surface area contributed by atoms with E-state index in [1.807, 2.05) is 24.3 Å². The molecule has 1 aliphatic rings. The third kappa shape index (κ3) is 2.64. The number of ether oxygens (including phenoxy) is 1. The third-order valence-electron chi connectivity index (χ3n) is 3.40. The molecule has 18 heavy (non-hydrogen) atoms. The predicted molar refractivity (Wildman–Crippen MR) is 70.3 cm³/mol. The van der Waals surface area contributed by atoms with E-state index in [1.54, 1.807) is 11.9 Å². The molecule has 1 aromatic carbocycles. The van der Waals surface area contributed by atoms with Crippen LogP contribution in [0.4, 0.5) is 0 Å². The second-order valence-electron chi connectivity index (χ2n) is 4.74. The summed E-state index contributed by atoms with van der Waals surface area (Å²) in [6.07, 6.45) is 1.33. The fourth-order valence-corrected chi connectivity index (χ4v) is 2.09. The number of likely N-dealkylation sites (N-methyl/N-ethyl adjacent to an activating group) is 1. The van der Waals surface area contributed by atoms with E-state index in [0.29, 0.717) is 0 Å². The number of nitrogens with two attached hydrogens (primary N) is 1. The van der Waals surface area contributed by atoms with Gasteiger partial charge >= 0.3 is 0 Å². The summed E-state index contributed by atoms with van der Waals surface area (Å²) < 4.78 is 5.69. The van der Waals surface area contributed by atoms with Gasteiger partial charge in [-0.1, -0.05) is 19.1 Å². The lowest BCUT2D eigenvalue weighted by atomic mass is 10.1. The molecular formula is C14H20N2O2. The van der Waals surface area contributed by atoms with Crippen LogP contribution in [0.25, 0.3) is 0 Å². The topological polar surface area (TPSA) is 55.6 Å². The number of rotatable bonds is 4. The average molecular weight is 248 g/mol. The molecule has 1 saturated heterocycles. The van der Waals surface area contributed by atoms with Gasteiger partial charge in [0.15, 0.2) is 6.10 Å². The van der Waals surface area contributed by atoms with E-state index < -0.39 is 0 Å². The Kier molecular flexibility index (Phi) is 3.87. The molecule has 2 N–H and O–H groups in total. The standard InChI is InChI=1S/C14H20N2O2/c1-3-12(15)10-4-6-11(7-5-10)18-13-8-9-16(2)14(13)17/h4-7,12-13H,3,8-9,15H2,1-2H3/t12-,13?/m1/s1. The van der Waals surface area contributed by atoms with Crippen molar-refractivity contribution in [3.63, 3.8) is 0 Å². The fourth-order valence-electron chi connectivity index (χ4n) is 2.09. The highest BCUT2D eigenvalue weighted by atomic mass is 16.5. The average Bonchev–Trinajstić information content (AvgIpc) is 2.71. The van der Waals surface area contributed by atoms with E-state index in [9.17, 15) is 4.79 Å². The van der Waals surface area contributed by atoms with Gasteiger partial charge in [-0.3, -0.25) is 4.79 Å². The highest BCUT2D eigenvalue weighted by molar-refractivity contribution is 5.83. The van der Waals surface area contributed by atoms with Gasteiger partial charge in [0.25, 0.3) is 5.91 Å². The Bertz CT molecular complexity index is 416. The number of likely N-dealkylation sites (tertiary alicyclic amines) is 1. The molecule has 0 saturated carbocycles. The van der Waals surface area contributed by atoms with Gasteiger partial charge in [-0.25, -0.2) is 0 Å². The number of amides is 1. The molecule has 1 aromatic rings. The quantitative estimate of drug-likeness (QED) is 0.882. The zero-order valence-corrected chi connectivity index (χ0v) is 10.9. The predicted octanol–water partition coefficient (Wildman–Crippen LogP) is 1.71. The molecule has 1 unspecified atom stereocenters. The summed E-state index contributed by atoms with van der Waals surface area (Å²) in [6, 6.07) is 7.77. The molecule has 0 aromatic heterocycles. The van der Waals surface area contributed by atoms with Crippen LogP contribution in [-0.4, -0.2) is 30.5 Å². The van der Waals surface area contributed by atoms with E-state index in [0.717, 1.165) is 30.7 Å². The molecule has 0 radical (unpaired) electrons. The van der Waals surface area contributed by atoms with Crippen LogP contribution >= 0.6 is 0 Å². The first kappa shape index (κ1) is 12.9.